The topological polar surface area (TPSA) is 192 Å². The summed E-state index contributed by atoms with van der Waals surface area (Å²) < 4.78 is 34.3. The van der Waals surface area contributed by atoms with Crippen LogP contribution in [0.4, 0.5) is 0 Å². The molecule has 0 bridgehead atoms. The van der Waals surface area contributed by atoms with Crippen LogP contribution < -0.4 is 0 Å². The number of hydrogen-bond donors (Lipinski definition) is 6. The first-order chi connectivity index (χ1) is 30.0. The Morgan fingerprint density at radius 3 is 1.37 bits per heavy atom. The van der Waals surface area contributed by atoms with Crippen molar-refractivity contribution in [3.05, 3.63) is 24.3 Å². The Balaban J connectivity index is 2.36. The Morgan fingerprint density at radius 1 is 0.516 bits per heavy atom. The minimum atomic E-state index is -5.02. The van der Waals surface area contributed by atoms with Crippen LogP contribution in [0.15, 0.2) is 24.3 Å². The summed E-state index contributed by atoms with van der Waals surface area (Å²) in [5, 5.41) is 50.3. The van der Waals surface area contributed by atoms with Crippen LogP contribution in [0.3, 0.4) is 0 Å². The van der Waals surface area contributed by atoms with Crippen LogP contribution in [-0.2, 0) is 27.9 Å². The van der Waals surface area contributed by atoms with E-state index in [4.69, 9.17) is 18.5 Å². The van der Waals surface area contributed by atoms with Gasteiger partial charge in [-0.1, -0.05) is 192 Å². The van der Waals surface area contributed by atoms with Crippen LogP contribution in [0.25, 0.3) is 0 Å². The number of carbonyl (C=O) groups is 1. The summed E-state index contributed by atoms with van der Waals surface area (Å²) in [5.41, 5.74) is 0. The number of aliphatic hydroxyl groups excluding tert-OH is 5. The van der Waals surface area contributed by atoms with Gasteiger partial charge in [0.25, 0.3) is 0 Å². The molecule has 13 heteroatoms. The van der Waals surface area contributed by atoms with E-state index in [0.717, 1.165) is 57.8 Å². The average molecular weight is 905 g/mol. The third-order valence-electron chi connectivity index (χ3n) is 11.8. The second kappa shape index (κ2) is 40.1. The van der Waals surface area contributed by atoms with Gasteiger partial charge in [-0.25, -0.2) is 4.57 Å². The normalized spacial score (nSPS) is 22.1. The van der Waals surface area contributed by atoms with E-state index in [1.54, 1.807) is 0 Å². The fourth-order valence-corrected chi connectivity index (χ4v) is 8.77. The molecule has 6 atom stereocenters. The van der Waals surface area contributed by atoms with Crippen LogP contribution in [0, 0.1) is 0 Å². The summed E-state index contributed by atoms with van der Waals surface area (Å²) in [6, 6.07) is 0. The number of hydrogen-bond acceptors (Lipinski definition) is 11. The monoisotopic (exact) mass is 905 g/mol. The van der Waals surface area contributed by atoms with Gasteiger partial charge in [0.05, 0.1) is 13.2 Å². The maximum atomic E-state index is 12.8. The van der Waals surface area contributed by atoms with Crippen LogP contribution >= 0.6 is 7.82 Å². The van der Waals surface area contributed by atoms with E-state index in [9.17, 15) is 39.8 Å². The summed E-state index contributed by atoms with van der Waals surface area (Å²) in [7, 11) is -5.02. The summed E-state index contributed by atoms with van der Waals surface area (Å²) in [5.74, 6) is -0.477. The standard InChI is InChI=1S/C49H93O12P/c1-3-5-7-9-11-13-15-17-19-21-22-24-26-28-30-32-34-36-38-43(50)60-42(41-59-62(56,57)61-49-47(54)45(52)44(51)46(53)48(49)55)40-58-39-37-35-33-31-29-27-25-23-20-18-16-14-12-10-8-6-4-2/h14,16,20,23,42,44-49,51-55H,3-13,15,17-19,21-22,24-41H2,1-2H3,(H,56,57)/b16-14-,23-20-. The highest BCUT2D eigenvalue weighted by atomic mass is 31.2. The first-order valence-electron chi connectivity index (χ1n) is 25.2. The second-order valence-electron chi connectivity index (χ2n) is 17.7. The number of aliphatic hydroxyl groups is 5. The molecule has 0 heterocycles. The molecule has 0 radical (unpaired) electrons. The van der Waals surface area contributed by atoms with Crippen LogP contribution in [-0.4, -0.2) is 98.9 Å². The van der Waals surface area contributed by atoms with Gasteiger partial charge in [-0.05, 0) is 44.9 Å². The summed E-state index contributed by atoms with van der Waals surface area (Å²) in [6.45, 7) is 4.25. The number of esters is 1. The third kappa shape index (κ3) is 31.7. The van der Waals surface area contributed by atoms with Crippen molar-refractivity contribution in [2.75, 3.05) is 19.8 Å². The molecule has 6 N–H and O–H groups in total. The maximum absolute atomic E-state index is 12.8. The van der Waals surface area contributed by atoms with Gasteiger partial charge < -0.3 is 39.9 Å². The second-order valence-corrected chi connectivity index (χ2v) is 19.1. The number of ether oxygens (including phenoxy) is 2. The fraction of sp³-hybridized carbons (Fsp3) is 0.898. The first kappa shape index (κ1) is 58.8. The highest BCUT2D eigenvalue weighted by molar-refractivity contribution is 7.47. The van der Waals surface area contributed by atoms with Crippen molar-refractivity contribution in [3.8, 4) is 0 Å². The lowest BCUT2D eigenvalue weighted by Crippen LogP contribution is -2.64. The molecule has 1 rings (SSSR count). The molecule has 1 aliphatic carbocycles. The Labute approximate surface area is 377 Å². The molecule has 0 spiro atoms. The number of allylic oxidation sites excluding steroid dienone is 4. The fourth-order valence-electron chi connectivity index (χ4n) is 7.80. The zero-order valence-electron chi connectivity index (χ0n) is 39.2. The molecular formula is C49H93O12P. The van der Waals surface area contributed by atoms with Crippen molar-refractivity contribution < 1.29 is 58.3 Å². The molecule has 1 saturated carbocycles. The molecule has 0 amide bonds. The van der Waals surface area contributed by atoms with E-state index in [2.05, 4.69) is 38.2 Å². The third-order valence-corrected chi connectivity index (χ3v) is 12.8. The first-order valence-corrected chi connectivity index (χ1v) is 26.7. The maximum Gasteiger partial charge on any atom is 0.472 e. The predicted molar refractivity (Wildman–Crippen MR) is 249 cm³/mol. The van der Waals surface area contributed by atoms with Crippen LogP contribution in [0.5, 0.6) is 0 Å². The molecule has 6 unspecified atom stereocenters. The summed E-state index contributed by atoms with van der Waals surface area (Å²) in [4.78, 5) is 23.2. The van der Waals surface area contributed by atoms with Gasteiger partial charge in [-0.3, -0.25) is 13.8 Å². The Bertz CT molecular complexity index is 1120. The van der Waals surface area contributed by atoms with Gasteiger partial charge >= 0.3 is 13.8 Å². The Morgan fingerprint density at radius 2 is 0.903 bits per heavy atom. The van der Waals surface area contributed by atoms with Crippen LogP contribution in [0.1, 0.15) is 219 Å². The number of unbranched alkanes of at least 4 members (excludes halogenated alkanes) is 27. The van der Waals surface area contributed by atoms with Gasteiger partial charge in [-0.2, -0.15) is 0 Å². The van der Waals surface area contributed by atoms with E-state index in [1.807, 2.05) is 0 Å². The van der Waals surface area contributed by atoms with Gasteiger partial charge in [0.2, 0.25) is 0 Å². The van der Waals surface area contributed by atoms with E-state index in [1.165, 1.54) is 135 Å². The molecule has 366 valence electrons. The highest BCUT2D eigenvalue weighted by Gasteiger charge is 2.51. The zero-order chi connectivity index (χ0) is 45.5. The summed E-state index contributed by atoms with van der Waals surface area (Å²) in [6.07, 6.45) is 33.8. The lowest BCUT2D eigenvalue weighted by atomic mass is 9.85. The van der Waals surface area contributed by atoms with Crippen molar-refractivity contribution in [2.24, 2.45) is 0 Å². The van der Waals surface area contributed by atoms with Crippen LogP contribution in [0.2, 0.25) is 0 Å². The van der Waals surface area contributed by atoms with E-state index < -0.39 is 63.1 Å². The lowest BCUT2D eigenvalue weighted by molar-refractivity contribution is -0.220. The number of phosphoric acid groups is 1. The predicted octanol–water partition coefficient (Wildman–Crippen LogP) is 10.9. The number of carbonyl (C=O) groups excluding carboxylic acids is 1. The minimum absolute atomic E-state index is 0.0798. The highest BCUT2D eigenvalue weighted by Crippen LogP contribution is 2.47. The van der Waals surface area contributed by atoms with Crippen molar-refractivity contribution in [2.45, 2.75) is 262 Å². The zero-order valence-corrected chi connectivity index (χ0v) is 40.1. The molecule has 0 aromatic heterocycles. The van der Waals surface area contributed by atoms with Crippen molar-refractivity contribution in [3.63, 3.8) is 0 Å². The van der Waals surface area contributed by atoms with Gasteiger partial charge in [0.1, 0.15) is 42.7 Å². The lowest BCUT2D eigenvalue weighted by Gasteiger charge is -2.41. The SMILES string of the molecule is CCCCCC/C=C\C/C=C\CCCCCCCCOCC(COP(=O)(O)OC1C(O)C(O)C(O)C(O)C1O)OC(=O)CCCCCCCCCCCCCCCCCCCC. The van der Waals surface area contributed by atoms with Crippen molar-refractivity contribution in [1.82, 2.24) is 0 Å². The van der Waals surface area contributed by atoms with E-state index >= 15 is 0 Å². The Hall–Kier alpha value is -1.18. The molecule has 1 fully saturated rings. The number of rotatable bonds is 43. The average Bonchev–Trinajstić information content (AvgIpc) is 3.26. The molecule has 62 heavy (non-hydrogen) atoms. The minimum Gasteiger partial charge on any atom is -0.457 e. The molecule has 1 aliphatic rings. The molecule has 0 saturated heterocycles. The molecular weight excluding hydrogens is 812 g/mol. The molecule has 12 nitrogen and oxygen atoms in total. The summed E-state index contributed by atoms with van der Waals surface area (Å²) >= 11 is 0. The molecule has 0 aliphatic heterocycles. The largest absolute Gasteiger partial charge is 0.472 e. The van der Waals surface area contributed by atoms with Gasteiger partial charge in [-0.15, -0.1) is 0 Å². The molecule has 0 aromatic rings. The quantitative estimate of drug-likeness (QED) is 0.0147. The smallest absolute Gasteiger partial charge is 0.457 e. The Kier molecular flexibility index (Phi) is 38.1. The van der Waals surface area contributed by atoms with Crippen molar-refractivity contribution in [1.29, 1.82) is 0 Å². The van der Waals surface area contributed by atoms with E-state index in [-0.39, 0.29) is 13.0 Å². The van der Waals surface area contributed by atoms with Gasteiger partial charge in [0.15, 0.2) is 0 Å². The van der Waals surface area contributed by atoms with Crippen molar-refractivity contribution >= 4 is 13.8 Å². The van der Waals surface area contributed by atoms with Gasteiger partial charge in [0, 0.05) is 13.0 Å². The number of phosphoric ester groups is 1. The molecule has 0 aromatic carbocycles. The van der Waals surface area contributed by atoms with E-state index in [0.29, 0.717) is 13.0 Å².